The molecule has 0 radical (unpaired) electrons. The molecule has 0 spiro atoms. The molecule has 4 aliphatic rings. The third-order valence-electron chi connectivity index (χ3n) is 11.7. The SMILES string of the molecule is C#CCOS(=O)OC1CCCCC1Oc1ccc(C(C)(C)C)cc1.c1nc[n]([Sn]([CH]2CCCCC2)([CH]2CCCCC2)[CH]2CCCCC2)n1. The number of hydrogen-bond donors (Lipinski definition) is 0. The molecule has 0 aliphatic heterocycles. The Kier molecular flexibility index (Phi) is 14.8. The Morgan fingerprint density at radius 3 is 1.75 bits per heavy atom. The van der Waals surface area contributed by atoms with E-state index in [9.17, 15) is 4.21 Å². The molecule has 266 valence electrons. The molecule has 4 saturated carbocycles. The van der Waals surface area contributed by atoms with Crippen LogP contribution < -0.4 is 4.74 Å². The molecule has 0 N–H and O–H groups in total. The summed E-state index contributed by atoms with van der Waals surface area (Å²) in [6.07, 6.45) is 34.9. The van der Waals surface area contributed by atoms with E-state index in [4.69, 9.17) is 24.6 Å². The zero-order chi connectivity index (χ0) is 33.8. The monoisotopic (exact) mass is 787 g/mol. The molecule has 3 atom stereocenters. The fourth-order valence-electron chi connectivity index (χ4n) is 9.39. The molecule has 9 heteroatoms. The van der Waals surface area contributed by atoms with Crippen molar-refractivity contribution < 1.29 is 17.3 Å². The minimum atomic E-state index is -2.67. The molecule has 7 nitrogen and oxygen atoms in total. The van der Waals surface area contributed by atoms with Crippen molar-refractivity contribution in [3.05, 3.63) is 42.5 Å². The first-order valence-electron chi connectivity index (χ1n) is 19.1. The van der Waals surface area contributed by atoms with Gasteiger partial charge >= 0.3 is 164 Å². The Labute approximate surface area is 298 Å². The molecule has 1 aromatic heterocycles. The van der Waals surface area contributed by atoms with Crippen molar-refractivity contribution >= 4 is 30.0 Å². The first kappa shape index (κ1) is 37.8. The summed E-state index contributed by atoms with van der Waals surface area (Å²) in [7, 11) is 0. The van der Waals surface area contributed by atoms with Gasteiger partial charge in [0.1, 0.15) is 24.6 Å². The van der Waals surface area contributed by atoms with Gasteiger partial charge in [-0.15, -0.1) is 6.42 Å². The Balaban J connectivity index is 0.000000188. The number of hydrogen-bond acceptors (Lipinski definition) is 6. The number of ether oxygens (including phenoxy) is 1. The third-order valence-corrected chi connectivity index (χ3v) is 31.5. The molecule has 1 aromatic carbocycles. The van der Waals surface area contributed by atoms with Gasteiger partial charge in [0.25, 0.3) is 0 Å². The summed E-state index contributed by atoms with van der Waals surface area (Å²) in [6, 6.07) is 8.14. The van der Waals surface area contributed by atoms with Gasteiger partial charge in [-0.2, -0.15) is 4.21 Å². The van der Waals surface area contributed by atoms with Crippen LogP contribution in [0.5, 0.6) is 5.75 Å². The standard InChI is InChI=1S/C19H26O4S.3C6H11.C2H2N3.Sn/c1-5-14-21-24(20)23-18-9-7-6-8-17(18)22-16-12-10-15(11-13-16)19(2,3)4;3*1-2-4-6-5-3-1;1-3-2-5-4-1;/h1,10-13,17-18H,6-9,14H2,2-4H3;3*1H,2-6H2;1-2H;/q;;;;-1;+1. The van der Waals surface area contributed by atoms with Gasteiger partial charge in [-0.05, 0) is 42.4 Å². The van der Waals surface area contributed by atoms with Crippen LogP contribution in [0.15, 0.2) is 36.9 Å². The van der Waals surface area contributed by atoms with Gasteiger partial charge in [-0.25, -0.2) is 0 Å². The molecule has 0 bridgehead atoms. The first-order valence-corrected chi connectivity index (χ1v) is 26.3. The van der Waals surface area contributed by atoms with E-state index in [1.54, 1.807) is 0 Å². The third kappa shape index (κ3) is 9.88. The van der Waals surface area contributed by atoms with Crippen LogP contribution in [0.2, 0.25) is 11.8 Å². The van der Waals surface area contributed by atoms with Crippen LogP contribution in [0.3, 0.4) is 0 Å². The average Bonchev–Trinajstić information content (AvgIpc) is 3.66. The predicted octanol–water partition coefficient (Wildman–Crippen LogP) is 9.99. The number of rotatable bonds is 10. The van der Waals surface area contributed by atoms with Gasteiger partial charge in [0, 0.05) is 0 Å². The quantitative estimate of drug-likeness (QED) is 0.176. The van der Waals surface area contributed by atoms with E-state index in [2.05, 4.69) is 53.0 Å². The Bertz CT molecular complexity index is 1230. The first-order chi connectivity index (χ1) is 23.3. The summed E-state index contributed by atoms with van der Waals surface area (Å²) in [5.74, 6) is 3.08. The fourth-order valence-corrected chi connectivity index (χ4v) is 31.8. The second-order valence-electron chi connectivity index (χ2n) is 15.8. The molecule has 3 unspecified atom stereocenters. The zero-order valence-electron chi connectivity index (χ0n) is 30.0. The number of aromatic nitrogens is 3. The van der Waals surface area contributed by atoms with Gasteiger partial charge in [0.05, 0.1) is 0 Å². The molecule has 0 amide bonds. The summed E-state index contributed by atoms with van der Waals surface area (Å²) < 4.78 is 33.9. The molecule has 4 fully saturated rings. The summed E-state index contributed by atoms with van der Waals surface area (Å²) >= 11 is -4.51. The summed E-state index contributed by atoms with van der Waals surface area (Å²) in [6.45, 7) is 6.51. The molecule has 4 aliphatic carbocycles. The van der Waals surface area contributed by atoms with E-state index in [1.165, 1.54) is 102 Å². The van der Waals surface area contributed by atoms with Crippen molar-refractivity contribution in [2.24, 2.45) is 0 Å². The van der Waals surface area contributed by atoms with Crippen LogP contribution in [0.4, 0.5) is 0 Å². The predicted molar refractivity (Wildman–Crippen MR) is 198 cm³/mol. The fraction of sp³-hybridized carbons (Fsp3) is 0.744. The summed E-state index contributed by atoms with van der Waals surface area (Å²) in [5.41, 5.74) is 1.37. The van der Waals surface area contributed by atoms with Crippen LogP contribution in [0, 0.1) is 12.3 Å². The zero-order valence-corrected chi connectivity index (χ0v) is 33.6. The topological polar surface area (TPSA) is 75.5 Å². The van der Waals surface area contributed by atoms with Gasteiger partial charge in [-0.3, -0.25) is 8.37 Å². The Hall–Kier alpha value is -1.41. The van der Waals surface area contributed by atoms with E-state index in [0.717, 1.165) is 43.2 Å². The van der Waals surface area contributed by atoms with Gasteiger partial charge < -0.3 is 4.74 Å². The molecule has 0 saturated heterocycles. The van der Waals surface area contributed by atoms with Crippen LogP contribution in [0.1, 0.15) is 148 Å². The molecule has 2 aromatic rings. The second kappa shape index (κ2) is 18.7. The Morgan fingerprint density at radius 2 is 1.29 bits per heavy atom. The number of nitrogens with zero attached hydrogens (tertiary/aromatic N) is 3. The summed E-state index contributed by atoms with van der Waals surface area (Å²) in [5, 5.41) is 4.91. The minimum absolute atomic E-state index is 0.0287. The number of terminal acetylenes is 1. The van der Waals surface area contributed by atoms with E-state index in [-0.39, 0.29) is 24.2 Å². The molecule has 1 heterocycles. The van der Waals surface area contributed by atoms with Crippen LogP contribution in [0.25, 0.3) is 0 Å². The maximum atomic E-state index is 11.7. The second-order valence-corrected chi connectivity index (χ2v) is 30.0. The van der Waals surface area contributed by atoms with Crippen LogP contribution in [-0.2, 0) is 25.1 Å². The van der Waals surface area contributed by atoms with Crippen molar-refractivity contribution in [1.82, 2.24) is 13.0 Å². The van der Waals surface area contributed by atoms with Crippen LogP contribution in [-0.4, -0.2) is 54.7 Å². The van der Waals surface area contributed by atoms with E-state index in [0.29, 0.717) is 0 Å². The number of benzene rings is 1. The van der Waals surface area contributed by atoms with Crippen molar-refractivity contribution in [2.45, 2.75) is 172 Å². The average molecular weight is 787 g/mol. The van der Waals surface area contributed by atoms with E-state index < -0.39 is 30.0 Å². The normalized spacial score (nSPS) is 24.2. The van der Waals surface area contributed by atoms with Crippen molar-refractivity contribution in [3.8, 4) is 18.1 Å². The van der Waals surface area contributed by atoms with Crippen molar-refractivity contribution in [3.63, 3.8) is 0 Å². The Morgan fingerprint density at radius 1 is 0.792 bits per heavy atom. The molecular formula is C39H61N3O4SSn. The summed E-state index contributed by atoms with van der Waals surface area (Å²) in [4.78, 5) is 4.48. The van der Waals surface area contributed by atoms with E-state index >= 15 is 0 Å². The van der Waals surface area contributed by atoms with Gasteiger partial charge in [0.15, 0.2) is 0 Å². The van der Waals surface area contributed by atoms with Gasteiger partial charge in [-0.1, -0.05) is 45.2 Å². The maximum absolute atomic E-state index is 11.7. The van der Waals surface area contributed by atoms with Crippen molar-refractivity contribution in [2.75, 3.05) is 6.61 Å². The van der Waals surface area contributed by atoms with Crippen molar-refractivity contribution in [1.29, 1.82) is 0 Å². The van der Waals surface area contributed by atoms with E-state index in [1.807, 2.05) is 18.5 Å². The van der Waals surface area contributed by atoms with Crippen LogP contribution >= 0.6 is 0 Å². The molecular weight excluding hydrogens is 725 g/mol. The molecule has 48 heavy (non-hydrogen) atoms. The molecule has 6 rings (SSSR count). The van der Waals surface area contributed by atoms with Gasteiger partial charge in [0.2, 0.25) is 0 Å².